The van der Waals surface area contributed by atoms with Gasteiger partial charge in [0.25, 0.3) is 0 Å². The van der Waals surface area contributed by atoms with E-state index in [1.165, 1.54) is 0 Å². The minimum Gasteiger partial charge on any atom is -0.497 e. The van der Waals surface area contributed by atoms with E-state index in [1.807, 2.05) is 19.1 Å². The fourth-order valence-corrected chi connectivity index (χ4v) is 1.75. The molecule has 1 heterocycles. The Kier molecular flexibility index (Phi) is 2.56. The lowest BCUT2D eigenvalue weighted by molar-refractivity contribution is 0.398. The van der Waals surface area contributed by atoms with Crippen LogP contribution in [0, 0.1) is 6.92 Å². The lowest BCUT2D eigenvalue weighted by Crippen LogP contribution is -1.96. The predicted octanol–water partition coefficient (Wildman–Crippen LogP) is 2.14. The summed E-state index contributed by atoms with van der Waals surface area (Å²) in [6, 6.07) is 5.48. The third-order valence-corrected chi connectivity index (χ3v) is 2.46. The highest BCUT2D eigenvalue weighted by Crippen LogP contribution is 2.34. The zero-order valence-electron chi connectivity index (χ0n) is 9.57. The first-order valence-corrected chi connectivity index (χ1v) is 4.94. The summed E-state index contributed by atoms with van der Waals surface area (Å²) in [6.45, 7) is 1.90. The number of nitrogens with zero attached hydrogens (tertiary/aromatic N) is 1. The average molecular weight is 218 g/mol. The standard InChI is InChI=1S/C12H14N2O2/c1-7-4-9(13)12-10(14-7)5-8(15-2)6-11(12)16-3/h4-6H,1-3H3,(H2,13,14). The fourth-order valence-electron chi connectivity index (χ4n) is 1.75. The van der Waals surface area contributed by atoms with Gasteiger partial charge in [0.15, 0.2) is 0 Å². The van der Waals surface area contributed by atoms with Crippen molar-refractivity contribution in [3.05, 3.63) is 23.9 Å². The molecular formula is C12H14N2O2. The molecule has 0 spiro atoms. The van der Waals surface area contributed by atoms with Gasteiger partial charge >= 0.3 is 0 Å². The van der Waals surface area contributed by atoms with E-state index < -0.39 is 0 Å². The molecule has 0 saturated carbocycles. The van der Waals surface area contributed by atoms with Crippen LogP contribution in [0.5, 0.6) is 11.5 Å². The maximum Gasteiger partial charge on any atom is 0.134 e. The van der Waals surface area contributed by atoms with Gasteiger partial charge in [0, 0.05) is 23.5 Å². The molecule has 84 valence electrons. The number of hydrogen-bond acceptors (Lipinski definition) is 4. The number of ether oxygens (including phenoxy) is 2. The Labute approximate surface area is 94.0 Å². The van der Waals surface area contributed by atoms with Crippen molar-refractivity contribution in [1.82, 2.24) is 4.98 Å². The van der Waals surface area contributed by atoms with Crippen LogP contribution in [-0.4, -0.2) is 19.2 Å². The highest BCUT2D eigenvalue weighted by atomic mass is 16.5. The molecule has 2 rings (SSSR count). The Morgan fingerprint density at radius 3 is 2.50 bits per heavy atom. The molecular weight excluding hydrogens is 204 g/mol. The van der Waals surface area contributed by atoms with Crippen molar-refractivity contribution in [2.24, 2.45) is 0 Å². The van der Waals surface area contributed by atoms with Crippen LogP contribution in [-0.2, 0) is 0 Å². The van der Waals surface area contributed by atoms with Crippen molar-refractivity contribution in [3.63, 3.8) is 0 Å². The number of fused-ring (bicyclic) bond motifs is 1. The van der Waals surface area contributed by atoms with E-state index in [-0.39, 0.29) is 0 Å². The van der Waals surface area contributed by atoms with E-state index in [1.54, 1.807) is 20.3 Å². The number of nitrogen functional groups attached to an aromatic ring is 1. The van der Waals surface area contributed by atoms with Gasteiger partial charge in [0.05, 0.1) is 25.1 Å². The average Bonchev–Trinajstić information content (AvgIpc) is 2.26. The number of anilines is 1. The van der Waals surface area contributed by atoms with Crippen molar-refractivity contribution in [1.29, 1.82) is 0 Å². The molecule has 0 atom stereocenters. The molecule has 0 fully saturated rings. The van der Waals surface area contributed by atoms with E-state index in [0.717, 1.165) is 16.6 Å². The lowest BCUT2D eigenvalue weighted by Gasteiger charge is -2.10. The highest BCUT2D eigenvalue weighted by Gasteiger charge is 2.09. The maximum absolute atomic E-state index is 5.96. The number of pyridine rings is 1. The first kappa shape index (κ1) is 10.5. The van der Waals surface area contributed by atoms with Crippen LogP contribution in [0.25, 0.3) is 10.9 Å². The van der Waals surface area contributed by atoms with E-state index in [2.05, 4.69) is 4.98 Å². The molecule has 16 heavy (non-hydrogen) atoms. The zero-order chi connectivity index (χ0) is 11.7. The van der Waals surface area contributed by atoms with Crippen molar-refractivity contribution in [3.8, 4) is 11.5 Å². The summed E-state index contributed by atoms with van der Waals surface area (Å²) in [5.41, 5.74) is 8.29. The fraction of sp³-hybridized carbons (Fsp3) is 0.250. The van der Waals surface area contributed by atoms with Crippen LogP contribution in [0.15, 0.2) is 18.2 Å². The van der Waals surface area contributed by atoms with Gasteiger partial charge in [-0.3, -0.25) is 4.98 Å². The molecule has 2 N–H and O–H groups in total. The summed E-state index contributed by atoms with van der Waals surface area (Å²) in [7, 11) is 3.22. The number of benzene rings is 1. The van der Waals surface area contributed by atoms with E-state index in [9.17, 15) is 0 Å². The second-order valence-electron chi connectivity index (χ2n) is 3.58. The molecule has 0 bridgehead atoms. The molecule has 0 aliphatic carbocycles. The largest absolute Gasteiger partial charge is 0.497 e. The number of rotatable bonds is 2. The monoisotopic (exact) mass is 218 g/mol. The lowest BCUT2D eigenvalue weighted by atomic mass is 10.1. The summed E-state index contributed by atoms with van der Waals surface area (Å²) in [4.78, 5) is 4.41. The van der Waals surface area contributed by atoms with Gasteiger partial charge in [0.2, 0.25) is 0 Å². The highest BCUT2D eigenvalue weighted by molar-refractivity contribution is 5.96. The van der Waals surface area contributed by atoms with Gasteiger partial charge in [-0.15, -0.1) is 0 Å². The normalized spacial score (nSPS) is 10.4. The van der Waals surface area contributed by atoms with E-state index in [4.69, 9.17) is 15.2 Å². The second-order valence-corrected chi connectivity index (χ2v) is 3.58. The third-order valence-electron chi connectivity index (χ3n) is 2.46. The zero-order valence-corrected chi connectivity index (χ0v) is 9.57. The van der Waals surface area contributed by atoms with Crippen LogP contribution in [0.3, 0.4) is 0 Å². The molecule has 0 radical (unpaired) electrons. The quantitative estimate of drug-likeness (QED) is 0.839. The molecule has 2 aromatic rings. The summed E-state index contributed by atoms with van der Waals surface area (Å²) < 4.78 is 10.5. The van der Waals surface area contributed by atoms with Crippen molar-refractivity contribution in [2.75, 3.05) is 20.0 Å². The van der Waals surface area contributed by atoms with Crippen LogP contribution >= 0.6 is 0 Å². The molecule has 0 aliphatic rings. The van der Waals surface area contributed by atoms with Crippen molar-refractivity contribution in [2.45, 2.75) is 6.92 Å². The molecule has 0 unspecified atom stereocenters. The van der Waals surface area contributed by atoms with Gasteiger partial charge in [-0.2, -0.15) is 0 Å². The van der Waals surface area contributed by atoms with Gasteiger partial charge in [0.1, 0.15) is 11.5 Å². The van der Waals surface area contributed by atoms with Gasteiger partial charge in [-0.25, -0.2) is 0 Å². The van der Waals surface area contributed by atoms with Crippen molar-refractivity contribution < 1.29 is 9.47 Å². The molecule has 4 nitrogen and oxygen atoms in total. The predicted molar refractivity (Wildman–Crippen MR) is 64.0 cm³/mol. The number of nitrogens with two attached hydrogens (primary N) is 1. The molecule has 1 aromatic carbocycles. The minimum absolute atomic E-state index is 0.669. The topological polar surface area (TPSA) is 57.4 Å². The SMILES string of the molecule is COc1cc(OC)c2c(N)cc(C)nc2c1. The van der Waals surface area contributed by atoms with Gasteiger partial charge < -0.3 is 15.2 Å². The molecule has 0 saturated heterocycles. The van der Waals surface area contributed by atoms with Crippen LogP contribution in [0.2, 0.25) is 0 Å². The smallest absolute Gasteiger partial charge is 0.134 e. The number of methoxy groups -OCH3 is 2. The minimum atomic E-state index is 0.669. The first-order chi connectivity index (χ1) is 7.65. The summed E-state index contributed by atoms with van der Waals surface area (Å²) in [5, 5.41) is 0.828. The summed E-state index contributed by atoms with van der Waals surface area (Å²) in [6.07, 6.45) is 0. The Morgan fingerprint density at radius 1 is 1.12 bits per heavy atom. The van der Waals surface area contributed by atoms with Crippen molar-refractivity contribution >= 4 is 16.6 Å². The van der Waals surface area contributed by atoms with Crippen LogP contribution in [0.1, 0.15) is 5.69 Å². The first-order valence-electron chi connectivity index (χ1n) is 4.94. The van der Waals surface area contributed by atoms with E-state index >= 15 is 0 Å². The molecule has 0 amide bonds. The Bertz CT molecular complexity index is 538. The van der Waals surface area contributed by atoms with Gasteiger partial charge in [-0.1, -0.05) is 0 Å². The summed E-state index contributed by atoms with van der Waals surface area (Å²) in [5.74, 6) is 1.39. The molecule has 0 aliphatic heterocycles. The van der Waals surface area contributed by atoms with Crippen LogP contribution < -0.4 is 15.2 Å². The summed E-state index contributed by atoms with van der Waals surface area (Å²) >= 11 is 0. The number of aromatic nitrogens is 1. The number of aryl methyl sites for hydroxylation is 1. The second kappa shape index (κ2) is 3.89. The Hall–Kier alpha value is -1.97. The van der Waals surface area contributed by atoms with E-state index in [0.29, 0.717) is 17.2 Å². The van der Waals surface area contributed by atoms with Crippen LogP contribution in [0.4, 0.5) is 5.69 Å². The molecule has 4 heteroatoms. The molecule has 1 aromatic heterocycles. The number of hydrogen-bond donors (Lipinski definition) is 1. The Morgan fingerprint density at radius 2 is 1.88 bits per heavy atom. The van der Waals surface area contributed by atoms with Gasteiger partial charge in [-0.05, 0) is 13.0 Å². The maximum atomic E-state index is 5.96. The Balaban J connectivity index is 2.83. The third kappa shape index (κ3) is 1.62.